The summed E-state index contributed by atoms with van der Waals surface area (Å²) < 4.78 is 23.2. The van der Waals surface area contributed by atoms with Crippen LogP contribution in [0.25, 0.3) is 0 Å². The number of hydrogen-bond acceptors (Lipinski definition) is 4. The van der Waals surface area contributed by atoms with Crippen LogP contribution in [-0.2, 0) is 9.84 Å². The third-order valence-electron chi connectivity index (χ3n) is 4.97. The predicted molar refractivity (Wildman–Crippen MR) is 85.6 cm³/mol. The maximum atomic E-state index is 12.3. The van der Waals surface area contributed by atoms with Gasteiger partial charge in [-0.25, -0.2) is 13.2 Å². The van der Waals surface area contributed by atoms with Crippen LogP contribution in [0.2, 0.25) is 0 Å². The average Bonchev–Trinajstić information content (AvgIpc) is 3.29. The van der Waals surface area contributed by atoms with Crippen LogP contribution >= 0.6 is 0 Å². The van der Waals surface area contributed by atoms with Crippen LogP contribution in [0.1, 0.15) is 32.1 Å². The molecule has 1 N–H and O–H groups in total. The van der Waals surface area contributed by atoms with Crippen molar-refractivity contribution < 1.29 is 13.2 Å². The molecule has 0 bridgehead atoms. The monoisotopic (exact) mass is 329 g/mol. The average molecular weight is 329 g/mol. The number of sulfone groups is 1. The summed E-state index contributed by atoms with van der Waals surface area (Å²) in [5.41, 5.74) is 0. The summed E-state index contributed by atoms with van der Waals surface area (Å²) in [5.74, 6) is 1.22. The molecular weight excluding hydrogens is 302 g/mol. The second-order valence-electron chi connectivity index (χ2n) is 6.96. The van der Waals surface area contributed by atoms with Gasteiger partial charge in [0.2, 0.25) is 0 Å². The number of piperidine rings is 1. The van der Waals surface area contributed by atoms with Gasteiger partial charge in [-0.2, -0.15) is 0 Å². The molecular formula is C15H27N3O3S. The van der Waals surface area contributed by atoms with Gasteiger partial charge in [0.1, 0.15) is 0 Å². The molecule has 3 fully saturated rings. The van der Waals surface area contributed by atoms with Crippen molar-refractivity contribution in [3.05, 3.63) is 0 Å². The Bertz CT molecular complexity index is 496. The summed E-state index contributed by atoms with van der Waals surface area (Å²) in [6.45, 7) is 4.23. The fourth-order valence-corrected chi connectivity index (χ4v) is 4.60. The van der Waals surface area contributed by atoms with Gasteiger partial charge < -0.3 is 15.1 Å². The van der Waals surface area contributed by atoms with E-state index in [2.05, 4.69) is 10.2 Å². The lowest BCUT2D eigenvalue weighted by atomic mass is 10.0. The third-order valence-corrected chi connectivity index (χ3v) is 6.69. The van der Waals surface area contributed by atoms with Crippen LogP contribution in [0.5, 0.6) is 0 Å². The first kappa shape index (κ1) is 16.1. The SMILES string of the molecule is O=C(NC1CCN(CC2CC2)CC1)N1CCCS(=O)(=O)CC1. The summed E-state index contributed by atoms with van der Waals surface area (Å²) in [6, 6.07) is 0.153. The van der Waals surface area contributed by atoms with E-state index in [0.29, 0.717) is 19.5 Å². The molecule has 2 amide bonds. The number of carbonyl (C=O) groups excluding carboxylic acids is 1. The zero-order valence-corrected chi connectivity index (χ0v) is 14.0. The van der Waals surface area contributed by atoms with Crippen molar-refractivity contribution in [1.82, 2.24) is 15.1 Å². The number of hydrogen-bond donors (Lipinski definition) is 1. The lowest BCUT2D eigenvalue weighted by Gasteiger charge is -2.33. The summed E-state index contributed by atoms with van der Waals surface area (Å²) >= 11 is 0. The van der Waals surface area contributed by atoms with E-state index >= 15 is 0 Å². The van der Waals surface area contributed by atoms with Crippen LogP contribution in [0.15, 0.2) is 0 Å². The van der Waals surface area contributed by atoms with E-state index in [1.54, 1.807) is 4.90 Å². The van der Waals surface area contributed by atoms with Gasteiger partial charge in [-0.15, -0.1) is 0 Å². The van der Waals surface area contributed by atoms with Gasteiger partial charge in [-0.05, 0) is 38.0 Å². The molecule has 3 rings (SSSR count). The van der Waals surface area contributed by atoms with Crippen molar-refractivity contribution in [2.75, 3.05) is 44.2 Å². The van der Waals surface area contributed by atoms with Gasteiger partial charge in [-0.1, -0.05) is 0 Å². The van der Waals surface area contributed by atoms with Crippen LogP contribution in [0, 0.1) is 5.92 Å². The van der Waals surface area contributed by atoms with Gasteiger partial charge in [0.15, 0.2) is 9.84 Å². The molecule has 1 aliphatic carbocycles. The minimum atomic E-state index is -2.96. The van der Waals surface area contributed by atoms with Crippen molar-refractivity contribution in [1.29, 1.82) is 0 Å². The first-order valence-corrected chi connectivity index (χ1v) is 10.3. The molecule has 0 atom stereocenters. The largest absolute Gasteiger partial charge is 0.335 e. The molecule has 0 unspecified atom stereocenters. The summed E-state index contributed by atoms with van der Waals surface area (Å²) in [5, 5.41) is 3.10. The Hall–Kier alpha value is -0.820. The Morgan fingerprint density at radius 2 is 1.73 bits per heavy atom. The van der Waals surface area contributed by atoms with E-state index in [1.165, 1.54) is 19.4 Å². The normalized spacial score (nSPS) is 27.4. The van der Waals surface area contributed by atoms with Gasteiger partial charge in [-0.3, -0.25) is 0 Å². The Kier molecular flexibility index (Phi) is 4.92. The minimum absolute atomic E-state index is 0.0854. The number of amides is 2. The molecule has 126 valence electrons. The summed E-state index contributed by atoms with van der Waals surface area (Å²) in [7, 11) is -2.96. The standard InChI is InChI=1S/C15H27N3O3S/c19-15(18-6-1-10-22(20,21)11-9-18)16-14-4-7-17(8-5-14)12-13-2-3-13/h13-14H,1-12H2,(H,16,19). The van der Waals surface area contributed by atoms with E-state index in [4.69, 9.17) is 0 Å². The van der Waals surface area contributed by atoms with Gasteiger partial charge in [0.25, 0.3) is 0 Å². The number of carbonyl (C=O) groups is 1. The van der Waals surface area contributed by atoms with Crippen LogP contribution in [0.3, 0.4) is 0 Å². The maximum absolute atomic E-state index is 12.3. The first-order valence-electron chi connectivity index (χ1n) is 8.50. The number of rotatable bonds is 3. The minimum Gasteiger partial charge on any atom is -0.335 e. The molecule has 0 aromatic heterocycles. The lowest BCUT2D eigenvalue weighted by molar-refractivity contribution is 0.171. The Morgan fingerprint density at radius 3 is 2.41 bits per heavy atom. The Balaban J connectivity index is 1.42. The highest BCUT2D eigenvalue weighted by molar-refractivity contribution is 7.91. The molecule has 2 heterocycles. The van der Waals surface area contributed by atoms with Crippen LogP contribution in [-0.4, -0.2) is 74.5 Å². The van der Waals surface area contributed by atoms with Crippen molar-refractivity contribution in [2.24, 2.45) is 5.92 Å². The Labute approximate surface area is 133 Å². The van der Waals surface area contributed by atoms with Crippen molar-refractivity contribution in [3.8, 4) is 0 Å². The van der Waals surface area contributed by atoms with Crippen molar-refractivity contribution >= 4 is 15.9 Å². The number of likely N-dealkylation sites (tertiary alicyclic amines) is 1. The second-order valence-corrected chi connectivity index (χ2v) is 9.26. The quantitative estimate of drug-likeness (QED) is 0.827. The van der Waals surface area contributed by atoms with Crippen molar-refractivity contribution in [3.63, 3.8) is 0 Å². The van der Waals surface area contributed by atoms with E-state index in [-0.39, 0.29) is 23.6 Å². The molecule has 6 nitrogen and oxygen atoms in total. The van der Waals surface area contributed by atoms with Gasteiger partial charge in [0, 0.05) is 38.8 Å². The van der Waals surface area contributed by atoms with E-state index < -0.39 is 9.84 Å². The zero-order valence-electron chi connectivity index (χ0n) is 13.2. The van der Waals surface area contributed by atoms with E-state index in [9.17, 15) is 13.2 Å². The highest BCUT2D eigenvalue weighted by atomic mass is 32.2. The molecule has 0 aromatic carbocycles. The molecule has 7 heteroatoms. The summed E-state index contributed by atoms with van der Waals surface area (Å²) in [6.07, 6.45) is 5.33. The van der Waals surface area contributed by atoms with Crippen LogP contribution < -0.4 is 5.32 Å². The molecule has 0 radical (unpaired) electrons. The lowest BCUT2D eigenvalue weighted by Crippen LogP contribution is -2.50. The van der Waals surface area contributed by atoms with Crippen LogP contribution in [0.4, 0.5) is 4.79 Å². The molecule has 3 aliphatic rings. The third kappa shape index (κ3) is 4.59. The molecule has 0 spiro atoms. The summed E-state index contributed by atoms with van der Waals surface area (Å²) in [4.78, 5) is 16.5. The topological polar surface area (TPSA) is 69.7 Å². The smallest absolute Gasteiger partial charge is 0.317 e. The number of nitrogens with one attached hydrogen (secondary N) is 1. The number of nitrogens with zero attached hydrogens (tertiary/aromatic N) is 2. The fraction of sp³-hybridized carbons (Fsp3) is 0.933. The fourth-order valence-electron chi connectivity index (χ4n) is 3.33. The number of urea groups is 1. The Morgan fingerprint density at radius 1 is 1.00 bits per heavy atom. The first-order chi connectivity index (χ1) is 10.5. The molecule has 1 saturated carbocycles. The van der Waals surface area contributed by atoms with Gasteiger partial charge >= 0.3 is 6.03 Å². The highest BCUT2D eigenvalue weighted by Crippen LogP contribution is 2.30. The van der Waals surface area contributed by atoms with E-state index in [1.807, 2.05) is 0 Å². The zero-order chi connectivity index (χ0) is 15.6. The van der Waals surface area contributed by atoms with Crippen molar-refractivity contribution in [2.45, 2.75) is 38.1 Å². The highest BCUT2D eigenvalue weighted by Gasteiger charge is 2.29. The molecule has 2 saturated heterocycles. The second kappa shape index (κ2) is 6.74. The van der Waals surface area contributed by atoms with E-state index in [0.717, 1.165) is 31.8 Å². The molecule has 22 heavy (non-hydrogen) atoms. The maximum Gasteiger partial charge on any atom is 0.317 e. The van der Waals surface area contributed by atoms with Gasteiger partial charge in [0.05, 0.1) is 11.5 Å². The molecule has 2 aliphatic heterocycles. The predicted octanol–water partition coefficient (Wildman–Crippen LogP) is 0.691. The molecule has 0 aromatic rings.